The van der Waals surface area contributed by atoms with Crippen molar-refractivity contribution in [1.29, 1.82) is 0 Å². The minimum Gasteiger partial charge on any atom is -0.480 e. The van der Waals surface area contributed by atoms with Crippen LogP contribution in [0.2, 0.25) is 0 Å². The summed E-state index contributed by atoms with van der Waals surface area (Å²) >= 11 is 0.833. The molecule has 0 aliphatic carbocycles. The number of carbonyl (C=O) groups excluding carboxylic acids is 1. The van der Waals surface area contributed by atoms with Crippen LogP contribution in [-0.4, -0.2) is 49.4 Å². The van der Waals surface area contributed by atoms with Crippen LogP contribution in [0.25, 0.3) is 10.4 Å². The number of amides is 1. The Labute approximate surface area is 186 Å². The molecule has 7 nitrogen and oxygen atoms in total. The standard InChI is InChI=1S/C20H21F3N2O5S2/c1-12(26)25-10-8-14(9-11-25)18(19(27)28)24-32(29,30)17-7-6-16(31-17)13-2-4-15(5-3-13)20(21,22)23/h2-7,14,18,24H,8-11H2,1H3,(H,27,28)/t18-/m1/s1. The van der Waals surface area contributed by atoms with E-state index >= 15 is 0 Å². The van der Waals surface area contributed by atoms with Gasteiger partial charge < -0.3 is 10.0 Å². The summed E-state index contributed by atoms with van der Waals surface area (Å²) in [6.07, 6.45) is -3.78. The molecular weight excluding hydrogens is 469 g/mol. The Morgan fingerprint density at radius 2 is 1.72 bits per heavy atom. The number of alkyl halides is 3. The van der Waals surface area contributed by atoms with E-state index in [1.54, 1.807) is 4.90 Å². The lowest BCUT2D eigenvalue weighted by molar-refractivity contribution is -0.141. The van der Waals surface area contributed by atoms with E-state index < -0.39 is 39.7 Å². The number of benzene rings is 1. The first-order valence-corrected chi connectivity index (χ1v) is 12.0. The van der Waals surface area contributed by atoms with Crippen molar-refractivity contribution in [2.45, 2.75) is 36.2 Å². The van der Waals surface area contributed by atoms with E-state index in [1.807, 2.05) is 0 Å². The van der Waals surface area contributed by atoms with Crippen LogP contribution in [0.3, 0.4) is 0 Å². The fourth-order valence-corrected chi connectivity index (χ4v) is 6.15. The van der Waals surface area contributed by atoms with Crippen LogP contribution < -0.4 is 4.72 Å². The van der Waals surface area contributed by atoms with Crippen LogP contribution >= 0.6 is 11.3 Å². The fourth-order valence-electron chi connectivity index (χ4n) is 3.56. The number of carboxylic acids is 1. The Kier molecular flexibility index (Phi) is 6.96. The zero-order chi connectivity index (χ0) is 23.7. The third kappa shape index (κ3) is 5.48. The van der Waals surface area contributed by atoms with Crippen LogP contribution in [0.1, 0.15) is 25.3 Å². The Balaban J connectivity index is 1.75. The second kappa shape index (κ2) is 9.20. The van der Waals surface area contributed by atoms with Crippen molar-refractivity contribution in [2.24, 2.45) is 5.92 Å². The second-order valence-electron chi connectivity index (χ2n) is 7.47. The molecule has 1 fully saturated rings. The number of halogens is 3. The number of aliphatic carboxylic acids is 1. The molecule has 0 radical (unpaired) electrons. The molecule has 12 heteroatoms. The average Bonchev–Trinajstić information content (AvgIpc) is 3.23. The zero-order valence-corrected chi connectivity index (χ0v) is 18.6. The highest BCUT2D eigenvalue weighted by Crippen LogP contribution is 2.34. The van der Waals surface area contributed by atoms with Gasteiger partial charge >= 0.3 is 12.1 Å². The van der Waals surface area contributed by atoms with Crippen molar-refractivity contribution in [1.82, 2.24) is 9.62 Å². The number of nitrogens with one attached hydrogen (secondary N) is 1. The van der Waals surface area contributed by atoms with Gasteiger partial charge in [0.05, 0.1) is 5.56 Å². The lowest BCUT2D eigenvalue weighted by atomic mass is 9.90. The molecule has 1 saturated heterocycles. The maximum Gasteiger partial charge on any atom is 0.416 e. The number of carboxylic acid groups (broad SMARTS) is 1. The average molecular weight is 491 g/mol. The Bertz CT molecular complexity index is 1090. The first kappa shape index (κ1) is 24.2. The van der Waals surface area contributed by atoms with Gasteiger partial charge in [0.1, 0.15) is 10.3 Å². The van der Waals surface area contributed by atoms with Gasteiger partial charge in [0.25, 0.3) is 10.0 Å². The molecule has 1 atom stereocenters. The number of hydrogen-bond acceptors (Lipinski definition) is 5. The van der Waals surface area contributed by atoms with Crippen molar-refractivity contribution < 1.29 is 36.3 Å². The molecule has 0 saturated carbocycles. The van der Waals surface area contributed by atoms with Crippen LogP contribution in [0.15, 0.2) is 40.6 Å². The van der Waals surface area contributed by atoms with Crippen molar-refractivity contribution in [3.8, 4) is 10.4 Å². The SMILES string of the molecule is CC(=O)N1CCC([C@@H](NS(=O)(=O)c2ccc(-c3ccc(C(F)(F)F)cc3)s2)C(=O)O)CC1. The van der Waals surface area contributed by atoms with Gasteiger partial charge in [-0.05, 0) is 48.6 Å². The molecule has 2 aromatic rings. The number of thiophene rings is 1. The van der Waals surface area contributed by atoms with Crippen molar-refractivity contribution in [2.75, 3.05) is 13.1 Å². The summed E-state index contributed by atoms with van der Waals surface area (Å²) in [4.78, 5) is 25.2. The lowest BCUT2D eigenvalue weighted by Crippen LogP contribution is -2.49. The Hall–Kier alpha value is -2.44. The van der Waals surface area contributed by atoms with Gasteiger partial charge in [-0.25, -0.2) is 8.42 Å². The number of sulfonamides is 1. The molecular formula is C20H21F3N2O5S2. The minimum atomic E-state index is -4.47. The van der Waals surface area contributed by atoms with Gasteiger partial charge in [-0.15, -0.1) is 11.3 Å². The van der Waals surface area contributed by atoms with E-state index in [2.05, 4.69) is 4.72 Å². The van der Waals surface area contributed by atoms with E-state index in [-0.39, 0.29) is 10.1 Å². The molecule has 3 rings (SSSR count). The number of hydrogen-bond donors (Lipinski definition) is 2. The second-order valence-corrected chi connectivity index (χ2v) is 10.5. The molecule has 1 aromatic carbocycles. The first-order chi connectivity index (χ1) is 14.9. The van der Waals surface area contributed by atoms with E-state index in [4.69, 9.17) is 0 Å². The van der Waals surface area contributed by atoms with Gasteiger partial charge in [-0.2, -0.15) is 17.9 Å². The van der Waals surface area contributed by atoms with Crippen molar-refractivity contribution in [3.63, 3.8) is 0 Å². The summed E-state index contributed by atoms with van der Waals surface area (Å²) in [6, 6.07) is 5.72. The van der Waals surface area contributed by atoms with Gasteiger partial charge in [-0.1, -0.05) is 12.1 Å². The topological polar surface area (TPSA) is 104 Å². The van der Waals surface area contributed by atoms with E-state index in [9.17, 15) is 36.3 Å². The highest BCUT2D eigenvalue weighted by molar-refractivity contribution is 7.91. The predicted molar refractivity (Wildman–Crippen MR) is 111 cm³/mol. The third-order valence-corrected chi connectivity index (χ3v) is 8.41. The molecule has 2 N–H and O–H groups in total. The molecule has 1 aromatic heterocycles. The quantitative estimate of drug-likeness (QED) is 0.646. The molecule has 1 amide bonds. The smallest absolute Gasteiger partial charge is 0.416 e. The zero-order valence-electron chi connectivity index (χ0n) is 16.9. The molecule has 32 heavy (non-hydrogen) atoms. The monoisotopic (exact) mass is 490 g/mol. The Morgan fingerprint density at radius 3 is 2.22 bits per heavy atom. The minimum absolute atomic E-state index is 0.120. The Morgan fingerprint density at radius 1 is 1.12 bits per heavy atom. The van der Waals surface area contributed by atoms with Crippen LogP contribution in [0, 0.1) is 5.92 Å². The maximum atomic E-state index is 12.8. The number of rotatable bonds is 6. The summed E-state index contributed by atoms with van der Waals surface area (Å²) < 4.78 is 65.9. The summed E-state index contributed by atoms with van der Waals surface area (Å²) in [5.41, 5.74) is -0.400. The number of nitrogens with zero attached hydrogens (tertiary/aromatic N) is 1. The van der Waals surface area contributed by atoms with Gasteiger partial charge in [0.15, 0.2) is 0 Å². The molecule has 0 spiro atoms. The molecule has 0 unspecified atom stereocenters. The number of carbonyl (C=O) groups is 2. The highest BCUT2D eigenvalue weighted by Gasteiger charge is 2.36. The summed E-state index contributed by atoms with van der Waals surface area (Å²) in [5.74, 6) is -1.91. The molecule has 0 bridgehead atoms. The van der Waals surface area contributed by atoms with Gasteiger partial charge in [0, 0.05) is 24.9 Å². The van der Waals surface area contributed by atoms with Gasteiger partial charge in [-0.3, -0.25) is 9.59 Å². The van der Waals surface area contributed by atoms with Crippen LogP contribution in [-0.2, 0) is 25.8 Å². The molecule has 1 aliphatic rings. The van der Waals surface area contributed by atoms with Crippen molar-refractivity contribution >= 4 is 33.2 Å². The van der Waals surface area contributed by atoms with Crippen molar-refractivity contribution in [3.05, 3.63) is 42.0 Å². The van der Waals surface area contributed by atoms with E-state index in [1.165, 1.54) is 31.2 Å². The molecule has 2 heterocycles. The largest absolute Gasteiger partial charge is 0.480 e. The van der Waals surface area contributed by atoms with Crippen LogP contribution in [0.5, 0.6) is 0 Å². The number of likely N-dealkylation sites (tertiary alicyclic amines) is 1. The summed E-state index contributed by atoms with van der Waals surface area (Å²) in [5, 5.41) is 9.59. The lowest BCUT2D eigenvalue weighted by Gasteiger charge is -2.34. The predicted octanol–water partition coefficient (Wildman–Crippen LogP) is 3.42. The summed E-state index contributed by atoms with van der Waals surface area (Å²) in [6.45, 7) is 2.12. The molecule has 174 valence electrons. The number of piperidine rings is 1. The van der Waals surface area contributed by atoms with Crippen LogP contribution in [0.4, 0.5) is 13.2 Å². The first-order valence-electron chi connectivity index (χ1n) is 9.66. The van der Waals surface area contributed by atoms with E-state index in [0.29, 0.717) is 36.4 Å². The summed E-state index contributed by atoms with van der Waals surface area (Å²) in [7, 11) is -4.18. The highest BCUT2D eigenvalue weighted by atomic mass is 32.2. The maximum absolute atomic E-state index is 12.8. The third-order valence-electron chi connectivity index (χ3n) is 5.35. The normalized spacial score (nSPS) is 16.7. The van der Waals surface area contributed by atoms with E-state index in [0.717, 1.165) is 23.5 Å². The van der Waals surface area contributed by atoms with Gasteiger partial charge in [0.2, 0.25) is 5.91 Å². The molecule has 1 aliphatic heterocycles. The fraction of sp³-hybridized carbons (Fsp3) is 0.400.